The molecule has 3 aromatic rings. The molecular weight excluding hydrogens is 316 g/mol. The fourth-order valence-electron chi connectivity index (χ4n) is 2.74. The lowest BCUT2D eigenvalue weighted by atomic mass is 10.2. The number of pyridine rings is 1. The Balaban J connectivity index is 1.75. The van der Waals surface area contributed by atoms with E-state index in [1.165, 1.54) is 10.6 Å². The molecule has 1 aliphatic heterocycles. The first kappa shape index (κ1) is 14.9. The van der Waals surface area contributed by atoms with Crippen molar-refractivity contribution in [2.75, 3.05) is 31.2 Å². The maximum Gasteiger partial charge on any atom is 0.282 e. The number of halogens is 2. The SMILES string of the molecule is FC(F)c1ccc2ncc(-c3ccnc(N4CCOCC4)c3)n2n1. The van der Waals surface area contributed by atoms with E-state index >= 15 is 0 Å². The van der Waals surface area contributed by atoms with Crippen LogP contribution in [0.15, 0.2) is 36.7 Å². The van der Waals surface area contributed by atoms with Gasteiger partial charge in [0.25, 0.3) is 6.43 Å². The van der Waals surface area contributed by atoms with Gasteiger partial charge in [0, 0.05) is 24.8 Å². The number of ether oxygens (including phenoxy) is 1. The van der Waals surface area contributed by atoms with Crippen LogP contribution >= 0.6 is 0 Å². The third kappa shape index (κ3) is 2.69. The van der Waals surface area contributed by atoms with E-state index in [1.54, 1.807) is 18.5 Å². The smallest absolute Gasteiger partial charge is 0.282 e. The van der Waals surface area contributed by atoms with E-state index in [1.807, 2.05) is 12.1 Å². The van der Waals surface area contributed by atoms with Crippen molar-refractivity contribution in [1.29, 1.82) is 0 Å². The average Bonchev–Trinajstić information content (AvgIpc) is 3.05. The van der Waals surface area contributed by atoms with Crippen molar-refractivity contribution < 1.29 is 13.5 Å². The number of anilines is 1. The molecule has 0 saturated carbocycles. The van der Waals surface area contributed by atoms with Crippen molar-refractivity contribution in [2.45, 2.75) is 6.43 Å². The summed E-state index contributed by atoms with van der Waals surface area (Å²) in [7, 11) is 0. The Morgan fingerprint density at radius 3 is 2.71 bits per heavy atom. The van der Waals surface area contributed by atoms with Crippen molar-refractivity contribution in [3.63, 3.8) is 0 Å². The maximum absolute atomic E-state index is 12.9. The van der Waals surface area contributed by atoms with Crippen LogP contribution in [0.25, 0.3) is 16.9 Å². The van der Waals surface area contributed by atoms with Gasteiger partial charge in [-0.3, -0.25) is 0 Å². The molecule has 124 valence electrons. The van der Waals surface area contributed by atoms with Gasteiger partial charge in [0.15, 0.2) is 5.65 Å². The molecule has 0 atom stereocenters. The summed E-state index contributed by atoms with van der Waals surface area (Å²) in [6.07, 6.45) is 0.720. The van der Waals surface area contributed by atoms with Gasteiger partial charge in [-0.1, -0.05) is 0 Å². The predicted octanol–water partition coefficient (Wildman–Crippen LogP) is 2.57. The van der Waals surface area contributed by atoms with E-state index in [-0.39, 0.29) is 5.69 Å². The standard InChI is InChI=1S/C16H15F2N5O/c17-16(18)12-1-2-14-20-10-13(23(14)21-12)11-3-4-19-15(9-11)22-5-7-24-8-6-22/h1-4,9-10,16H,5-8H2. The Kier molecular flexibility index (Phi) is 3.81. The van der Waals surface area contributed by atoms with E-state index in [2.05, 4.69) is 20.0 Å². The summed E-state index contributed by atoms with van der Waals surface area (Å²) in [6, 6.07) is 6.58. The van der Waals surface area contributed by atoms with Crippen LogP contribution in [0.3, 0.4) is 0 Å². The number of nitrogens with zero attached hydrogens (tertiary/aromatic N) is 5. The van der Waals surface area contributed by atoms with E-state index in [0.717, 1.165) is 24.5 Å². The summed E-state index contributed by atoms with van der Waals surface area (Å²) in [5.41, 5.74) is 1.74. The molecule has 3 aromatic heterocycles. The summed E-state index contributed by atoms with van der Waals surface area (Å²) in [6.45, 7) is 2.89. The highest BCUT2D eigenvalue weighted by Gasteiger charge is 2.16. The number of hydrogen-bond acceptors (Lipinski definition) is 5. The highest BCUT2D eigenvalue weighted by atomic mass is 19.3. The van der Waals surface area contributed by atoms with Crippen LogP contribution in [-0.4, -0.2) is 45.9 Å². The molecular formula is C16H15F2N5O. The highest BCUT2D eigenvalue weighted by molar-refractivity contribution is 5.66. The second-order valence-electron chi connectivity index (χ2n) is 5.47. The van der Waals surface area contributed by atoms with Crippen LogP contribution in [0.4, 0.5) is 14.6 Å². The number of rotatable bonds is 3. The summed E-state index contributed by atoms with van der Waals surface area (Å²) >= 11 is 0. The molecule has 1 saturated heterocycles. The number of aromatic nitrogens is 4. The minimum Gasteiger partial charge on any atom is -0.378 e. The van der Waals surface area contributed by atoms with E-state index < -0.39 is 6.43 Å². The topological polar surface area (TPSA) is 55.5 Å². The van der Waals surface area contributed by atoms with Gasteiger partial charge in [0.1, 0.15) is 11.5 Å². The Bertz CT molecular complexity index is 861. The summed E-state index contributed by atoms with van der Waals surface area (Å²) in [4.78, 5) is 10.8. The molecule has 4 rings (SSSR count). The first-order chi connectivity index (χ1) is 11.7. The quantitative estimate of drug-likeness (QED) is 0.738. The lowest BCUT2D eigenvalue weighted by molar-refractivity contribution is 0.122. The van der Waals surface area contributed by atoms with Crippen molar-refractivity contribution in [3.05, 3.63) is 42.4 Å². The van der Waals surface area contributed by atoms with Gasteiger partial charge in [-0.2, -0.15) is 5.10 Å². The van der Waals surface area contributed by atoms with Crippen LogP contribution < -0.4 is 4.90 Å². The molecule has 1 fully saturated rings. The van der Waals surface area contributed by atoms with Crippen molar-refractivity contribution in [1.82, 2.24) is 19.6 Å². The summed E-state index contributed by atoms with van der Waals surface area (Å²) in [5, 5.41) is 4.00. The number of alkyl halides is 2. The van der Waals surface area contributed by atoms with Crippen LogP contribution in [0.1, 0.15) is 12.1 Å². The average molecular weight is 331 g/mol. The molecule has 0 aromatic carbocycles. The fraction of sp³-hybridized carbons (Fsp3) is 0.312. The molecule has 1 aliphatic rings. The lowest BCUT2D eigenvalue weighted by Gasteiger charge is -2.27. The first-order valence-electron chi connectivity index (χ1n) is 7.64. The summed E-state index contributed by atoms with van der Waals surface area (Å²) < 4.78 is 32.6. The highest BCUT2D eigenvalue weighted by Crippen LogP contribution is 2.25. The van der Waals surface area contributed by atoms with Crippen molar-refractivity contribution in [3.8, 4) is 11.3 Å². The number of morpholine rings is 1. The fourth-order valence-corrected chi connectivity index (χ4v) is 2.74. The Hall–Kier alpha value is -2.61. The zero-order chi connectivity index (χ0) is 16.5. The molecule has 6 nitrogen and oxygen atoms in total. The van der Waals surface area contributed by atoms with Crippen molar-refractivity contribution >= 4 is 11.5 Å². The predicted molar refractivity (Wildman–Crippen MR) is 84.2 cm³/mol. The second kappa shape index (κ2) is 6.12. The van der Waals surface area contributed by atoms with Crippen LogP contribution in [0.5, 0.6) is 0 Å². The third-order valence-corrected chi connectivity index (χ3v) is 3.98. The van der Waals surface area contributed by atoms with Gasteiger partial charge in [0.05, 0.1) is 25.1 Å². The number of imidazole rings is 1. The van der Waals surface area contributed by atoms with Gasteiger partial charge < -0.3 is 9.64 Å². The molecule has 0 radical (unpaired) electrons. The Morgan fingerprint density at radius 1 is 1.08 bits per heavy atom. The first-order valence-corrected chi connectivity index (χ1v) is 7.64. The minimum absolute atomic E-state index is 0.274. The molecule has 0 aliphatic carbocycles. The monoisotopic (exact) mass is 331 g/mol. The minimum atomic E-state index is -2.62. The third-order valence-electron chi connectivity index (χ3n) is 3.98. The number of fused-ring (bicyclic) bond motifs is 1. The molecule has 8 heteroatoms. The van der Waals surface area contributed by atoms with Crippen LogP contribution in [0.2, 0.25) is 0 Å². The molecule has 4 heterocycles. The van der Waals surface area contributed by atoms with Gasteiger partial charge in [-0.05, 0) is 24.3 Å². The molecule has 0 N–H and O–H groups in total. The molecule has 0 amide bonds. The molecule has 0 bridgehead atoms. The molecule has 0 spiro atoms. The Morgan fingerprint density at radius 2 is 1.92 bits per heavy atom. The number of hydrogen-bond donors (Lipinski definition) is 0. The van der Waals surface area contributed by atoms with Crippen molar-refractivity contribution in [2.24, 2.45) is 0 Å². The zero-order valence-electron chi connectivity index (χ0n) is 12.8. The van der Waals surface area contributed by atoms with Gasteiger partial charge in [-0.25, -0.2) is 23.3 Å². The van der Waals surface area contributed by atoms with Crippen LogP contribution in [-0.2, 0) is 4.74 Å². The summed E-state index contributed by atoms with van der Waals surface area (Å²) in [5.74, 6) is 0.829. The maximum atomic E-state index is 12.9. The van der Waals surface area contributed by atoms with E-state index in [9.17, 15) is 8.78 Å². The largest absolute Gasteiger partial charge is 0.378 e. The molecule has 24 heavy (non-hydrogen) atoms. The van der Waals surface area contributed by atoms with Crippen LogP contribution in [0, 0.1) is 0 Å². The zero-order valence-corrected chi connectivity index (χ0v) is 12.8. The van der Waals surface area contributed by atoms with Gasteiger partial charge >= 0.3 is 0 Å². The normalized spacial score (nSPS) is 15.4. The van der Waals surface area contributed by atoms with E-state index in [4.69, 9.17) is 4.74 Å². The lowest BCUT2D eigenvalue weighted by Crippen LogP contribution is -2.36. The Labute approximate surface area is 136 Å². The van der Waals surface area contributed by atoms with E-state index in [0.29, 0.717) is 24.6 Å². The van der Waals surface area contributed by atoms with Gasteiger partial charge in [0.2, 0.25) is 0 Å². The van der Waals surface area contributed by atoms with Gasteiger partial charge in [-0.15, -0.1) is 0 Å². The second-order valence-corrected chi connectivity index (χ2v) is 5.47. The molecule has 0 unspecified atom stereocenters.